The van der Waals surface area contributed by atoms with Crippen LogP contribution in [0.4, 0.5) is 0 Å². The van der Waals surface area contributed by atoms with Gasteiger partial charge in [0.05, 0.1) is 0 Å². The molecule has 0 aromatic rings. The van der Waals surface area contributed by atoms with Crippen molar-refractivity contribution in [1.29, 1.82) is 0 Å². The maximum absolute atomic E-state index is 3.60. The fraction of sp³-hybridized carbons (Fsp3) is 0.938. The van der Waals surface area contributed by atoms with Crippen LogP contribution in [-0.4, -0.2) is 0 Å². The van der Waals surface area contributed by atoms with Gasteiger partial charge in [-0.15, -0.1) is 6.58 Å². The van der Waals surface area contributed by atoms with Crippen molar-refractivity contribution in [2.45, 2.75) is 191 Å². The highest BCUT2D eigenvalue weighted by Crippen LogP contribution is 2.16. The largest absolute Gasteiger partial charge is 0.103 e. The van der Waals surface area contributed by atoms with Crippen LogP contribution in [0.3, 0.4) is 0 Å². The summed E-state index contributed by atoms with van der Waals surface area (Å²) in [4.78, 5) is 0. The van der Waals surface area contributed by atoms with Gasteiger partial charge in [0.15, 0.2) is 0 Å². The van der Waals surface area contributed by atoms with Gasteiger partial charge < -0.3 is 0 Å². The molecule has 0 bridgehead atoms. The van der Waals surface area contributed by atoms with Crippen molar-refractivity contribution in [3.05, 3.63) is 12.7 Å². The molecule has 0 spiro atoms. The molecule has 0 saturated heterocycles. The molecule has 32 heavy (non-hydrogen) atoms. The Morgan fingerprint density at radius 2 is 0.750 bits per heavy atom. The smallest absolute Gasteiger partial charge is 0.0354 e. The highest BCUT2D eigenvalue weighted by atomic mass is 14.1. The molecule has 0 aliphatic heterocycles. The van der Waals surface area contributed by atoms with Crippen LogP contribution in [0, 0.1) is 5.41 Å². The van der Waals surface area contributed by atoms with Gasteiger partial charge in [-0.25, -0.2) is 0 Å². The molecule has 1 rings (SSSR count). The predicted molar refractivity (Wildman–Crippen MR) is 156 cm³/mol. The van der Waals surface area contributed by atoms with E-state index in [0.29, 0.717) is 5.41 Å². The Morgan fingerprint density at radius 3 is 0.875 bits per heavy atom. The molecule has 0 radical (unpaired) electrons. The van der Waals surface area contributed by atoms with Crippen LogP contribution in [0.2, 0.25) is 0 Å². The van der Waals surface area contributed by atoms with E-state index in [1.165, 1.54) is 128 Å². The molecule has 0 aromatic heterocycles. The second-order valence-electron chi connectivity index (χ2n) is 10.6. The minimum atomic E-state index is 0.542. The quantitative estimate of drug-likeness (QED) is 0.215. The van der Waals surface area contributed by atoms with Crippen LogP contribution in [0.25, 0.3) is 0 Å². The van der Waals surface area contributed by atoms with E-state index in [-0.39, 0.29) is 0 Å². The summed E-state index contributed by atoms with van der Waals surface area (Å²) in [5.41, 5.74) is 0.542. The summed E-state index contributed by atoms with van der Waals surface area (Å²) < 4.78 is 0. The average molecular weight is 455 g/mol. The number of unbranched alkanes of at least 4 members (excludes halogenated alkanes) is 10. The molecule has 0 heteroatoms. The van der Waals surface area contributed by atoms with Gasteiger partial charge in [-0.1, -0.05) is 190 Å². The minimum absolute atomic E-state index is 0.542. The third-order valence-corrected chi connectivity index (χ3v) is 5.74. The fourth-order valence-electron chi connectivity index (χ4n) is 2.76. The third kappa shape index (κ3) is 63.0. The summed E-state index contributed by atoms with van der Waals surface area (Å²) in [5.74, 6) is 0. The summed E-state index contributed by atoms with van der Waals surface area (Å²) in [6.45, 7) is 23.7. The molecular formula is C32H70. The van der Waals surface area contributed by atoms with Crippen LogP contribution in [0.1, 0.15) is 191 Å². The van der Waals surface area contributed by atoms with Crippen molar-refractivity contribution < 1.29 is 0 Å². The SMILES string of the molecule is C1CCCCC1.C=CCCCC.CCC(C)(C)C.CCCCCCC.CCCCCCC. The molecule has 0 atom stereocenters. The van der Waals surface area contributed by atoms with E-state index in [2.05, 4.69) is 68.9 Å². The predicted octanol–water partition coefficient (Wildman–Crippen LogP) is 13.1. The van der Waals surface area contributed by atoms with Gasteiger partial charge in [-0.2, -0.15) is 0 Å². The Kier molecular flexibility index (Phi) is 46.3. The first kappa shape index (κ1) is 39.0. The molecule has 0 aromatic carbocycles. The van der Waals surface area contributed by atoms with Gasteiger partial charge in [0.2, 0.25) is 0 Å². The van der Waals surface area contributed by atoms with Gasteiger partial charge in [-0.3, -0.25) is 0 Å². The standard InChI is InChI=1S/2C7H16.C6H12.C6H14.C6H12/c2*1-3-5-7-6-4-2;1-2-4-6-5-3-1;1-5-6(2,3)4;1-3-5-6-4-2/h2*3-7H2,1-2H3;1-6H2;5H2,1-4H3;3H,1,4-6H2,2H3. The first-order chi connectivity index (χ1) is 15.3. The highest BCUT2D eigenvalue weighted by Gasteiger charge is 2.03. The van der Waals surface area contributed by atoms with Crippen molar-refractivity contribution in [3.63, 3.8) is 0 Å². The van der Waals surface area contributed by atoms with Gasteiger partial charge in [0.1, 0.15) is 0 Å². The van der Waals surface area contributed by atoms with Gasteiger partial charge in [-0.05, 0) is 11.8 Å². The van der Waals surface area contributed by atoms with E-state index in [4.69, 9.17) is 0 Å². The molecule has 0 heterocycles. The van der Waals surface area contributed by atoms with E-state index in [9.17, 15) is 0 Å². The summed E-state index contributed by atoms with van der Waals surface area (Å²) in [5, 5.41) is 0. The van der Waals surface area contributed by atoms with Crippen LogP contribution in [0.5, 0.6) is 0 Å². The maximum atomic E-state index is 3.60. The van der Waals surface area contributed by atoms with Crippen molar-refractivity contribution in [3.8, 4) is 0 Å². The average Bonchev–Trinajstić information content (AvgIpc) is 2.81. The normalized spacial score (nSPS) is 12.4. The van der Waals surface area contributed by atoms with Gasteiger partial charge in [0.25, 0.3) is 0 Å². The number of rotatable bonds is 11. The molecule has 1 aliphatic rings. The Morgan fingerprint density at radius 1 is 0.500 bits per heavy atom. The highest BCUT2D eigenvalue weighted by molar-refractivity contribution is 4.64. The van der Waals surface area contributed by atoms with Crippen molar-refractivity contribution in [2.24, 2.45) is 5.41 Å². The molecule has 0 N–H and O–H groups in total. The zero-order valence-electron chi connectivity index (χ0n) is 24.9. The number of hydrogen-bond donors (Lipinski definition) is 0. The first-order valence-corrected chi connectivity index (χ1v) is 14.9. The Hall–Kier alpha value is -0.260. The van der Waals surface area contributed by atoms with E-state index in [1.807, 2.05) is 6.08 Å². The van der Waals surface area contributed by atoms with Crippen molar-refractivity contribution >= 4 is 0 Å². The lowest BCUT2D eigenvalue weighted by Crippen LogP contribution is -2.00. The molecule has 1 fully saturated rings. The zero-order valence-corrected chi connectivity index (χ0v) is 24.9. The minimum Gasteiger partial charge on any atom is -0.103 e. The van der Waals surface area contributed by atoms with E-state index in [0.717, 1.165) is 0 Å². The summed E-state index contributed by atoms with van der Waals surface area (Å²) in [6, 6.07) is 0. The summed E-state index contributed by atoms with van der Waals surface area (Å²) >= 11 is 0. The molecule has 0 amide bonds. The summed E-state index contributed by atoms with van der Waals surface area (Å²) in [6.07, 6.45) is 30.0. The second kappa shape index (κ2) is 38.0. The Bertz CT molecular complexity index is 237. The lowest BCUT2D eigenvalue weighted by atomic mass is 9.94. The number of allylic oxidation sites excluding steroid dienone is 1. The third-order valence-electron chi connectivity index (χ3n) is 5.74. The van der Waals surface area contributed by atoms with Gasteiger partial charge >= 0.3 is 0 Å². The molecule has 1 saturated carbocycles. The maximum Gasteiger partial charge on any atom is -0.0354 e. The molecular weight excluding hydrogens is 384 g/mol. The first-order valence-electron chi connectivity index (χ1n) is 14.9. The lowest BCUT2D eigenvalue weighted by Gasteiger charge is -2.12. The number of hydrogen-bond acceptors (Lipinski definition) is 0. The Balaban J connectivity index is -0.000000153. The van der Waals surface area contributed by atoms with E-state index in [1.54, 1.807) is 0 Å². The Labute approximate surface area is 208 Å². The van der Waals surface area contributed by atoms with Crippen molar-refractivity contribution in [1.82, 2.24) is 0 Å². The fourth-order valence-corrected chi connectivity index (χ4v) is 2.76. The van der Waals surface area contributed by atoms with Crippen LogP contribution in [-0.2, 0) is 0 Å². The van der Waals surface area contributed by atoms with Crippen LogP contribution >= 0.6 is 0 Å². The van der Waals surface area contributed by atoms with E-state index < -0.39 is 0 Å². The summed E-state index contributed by atoms with van der Waals surface area (Å²) in [7, 11) is 0. The van der Waals surface area contributed by atoms with Crippen LogP contribution in [0.15, 0.2) is 12.7 Å². The van der Waals surface area contributed by atoms with Gasteiger partial charge in [0, 0.05) is 0 Å². The topological polar surface area (TPSA) is 0 Å². The molecule has 1 aliphatic carbocycles. The van der Waals surface area contributed by atoms with Crippen LogP contribution < -0.4 is 0 Å². The second-order valence-corrected chi connectivity index (χ2v) is 10.6. The zero-order chi connectivity index (χ0) is 25.3. The molecule has 198 valence electrons. The van der Waals surface area contributed by atoms with Crippen molar-refractivity contribution in [2.75, 3.05) is 0 Å². The lowest BCUT2D eigenvalue weighted by molar-refractivity contribution is 0.398. The monoisotopic (exact) mass is 455 g/mol. The molecule has 0 unspecified atom stereocenters. The van der Waals surface area contributed by atoms with E-state index >= 15 is 0 Å². The molecule has 0 nitrogen and oxygen atoms in total.